The van der Waals surface area contributed by atoms with Gasteiger partial charge in [0.1, 0.15) is 11.9 Å². The molecule has 0 aliphatic carbocycles. The summed E-state index contributed by atoms with van der Waals surface area (Å²) in [6.07, 6.45) is -2.66. The number of methoxy groups -OCH3 is 1. The first-order valence-corrected chi connectivity index (χ1v) is 16.7. The van der Waals surface area contributed by atoms with Crippen molar-refractivity contribution in [1.82, 2.24) is 14.9 Å². The lowest BCUT2D eigenvalue weighted by Crippen LogP contribution is -2.52. The van der Waals surface area contributed by atoms with Crippen molar-refractivity contribution in [1.29, 1.82) is 0 Å². The third-order valence-corrected chi connectivity index (χ3v) is 9.69. The molecule has 0 aromatic heterocycles. The second-order valence-electron chi connectivity index (χ2n) is 12.4. The van der Waals surface area contributed by atoms with E-state index in [1.807, 2.05) is 44.2 Å². The Bertz CT molecular complexity index is 1290. The van der Waals surface area contributed by atoms with Crippen LogP contribution in [0.2, 0.25) is 0 Å². The third kappa shape index (κ3) is 8.92. The molecule has 44 heavy (non-hydrogen) atoms. The topological polar surface area (TPSA) is 136 Å². The molecule has 12 heteroatoms. The van der Waals surface area contributed by atoms with E-state index in [4.69, 9.17) is 18.9 Å². The van der Waals surface area contributed by atoms with Crippen molar-refractivity contribution in [3.05, 3.63) is 60.2 Å². The molecule has 0 unspecified atom stereocenters. The van der Waals surface area contributed by atoms with E-state index in [2.05, 4.69) is 24.5 Å². The highest BCUT2D eigenvalue weighted by Gasteiger charge is 2.50. The molecule has 6 atom stereocenters. The number of carbonyl (C=O) groups is 1. The van der Waals surface area contributed by atoms with Crippen LogP contribution in [0.1, 0.15) is 33.3 Å². The Kier molecular flexibility index (Phi) is 12.0. The summed E-state index contributed by atoms with van der Waals surface area (Å²) >= 11 is 0. The van der Waals surface area contributed by atoms with Gasteiger partial charge in [0, 0.05) is 19.1 Å². The van der Waals surface area contributed by atoms with Gasteiger partial charge >= 0.3 is 6.09 Å². The molecule has 0 saturated carbocycles. The molecule has 11 nitrogen and oxygen atoms in total. The van der Waals surface area contributed by atoms with Gasteiger partial charge in [-0.1, -0.05) is 58.0 Å². The van der Waals surface area contributed by atoms with Crippen molar-refractivity contribution in [2.75, 3.05) is 40.0 Å². The average molecular weight is 634 g/mol. The second kappa shape index (κ2) is 15.5. The summed E-state index contributed by atoms with van der Waals surface area (Å²) in [6.45, 7) is 9.49. The van der Waals surface area contributed by atoms with Gasteiger partial charge in [-0.05, 0) is 54.6 Å². The van der Waals surface area contributed by atoms with Gasteiger partial charge in [-0.2, -0.15) is 4.31 Å². The largest absolute Gasteiger partial charge is 0.497 e. The first-order valence-electron chi connectivity index (χ1n) is 15.3. The summed E-state index contributed by atoms with van der Waals surface area (Å²) in [5, 5.41) is 17.8. The number of rotatable bonds is 15. The zero-order chi connectivity index (χ0) is 31.9. The second-order valence-corrected chi connectivity index (χ2v) is 14.3. The number of nitrogens with zero attached hydrogens (tertiary/aromatic N) is 1. The molecule has 2 saturated heterocycles. The van der Waals surface area contributed by atoms with Crippen LogP contribution in [-0.2, 0) is 30.7 Å². The van der Waals surface area contributed by atoms with Crippen LogP contribution in [0, 0.1) is 17.8 Å². The summed E-state index contributed by atoms with van der Waals surface area (Å²) in [7, 11) is -2.45. The van der Waals surface area contributed by atoms with E-state index in [1.165, 1.54) is 23.5 Å². The lowest BCUT2D eigenvalue weighted by Gasteiger charge is -2.31. The molecule has 2 fully saturated rings. The predicted octanol–water partition coefficient (Wildman–Crippen LogP) is 3.03. The van der Waals surface area contributed by atoms with Crippen LogP contribution in [0.5, 0.6) is 5.75 Å². The van der Waals surface area contributed by atoms with Gasteiger partial charge in [0.15, 0.2) is 6.29 Å². The van der Waals surface area contributed by atoms with Crippen LogP contribution in [0.25, 0.3) is 0 Å². The first kappa shape index (κ1) is 34.1. The molecular weight excluding hydrogens is 586 g/mol. The molecular formula is C32H47N3O8S. The molecule has 244 valence electrons. The fraction of sp³-hybridized carbons (Fsp3) is 0.594. The van der Waals surface area contributed by atoms with Crippen molar-refractivity contribution >= 4 is 16.1 Å². The van der Waals surface area contributed by atoms with Gasteiger partial charge in [0.25, 0.3) is 0 Å². The fourth-order valence-electron chi connectivity index (χ4n) is 5.58. The lowest BCUT2D eigenvalue weighted by atomic mass is 9.97. The number of alkyl carbamates (subject to hydrolysis) is 1. The Hall–Kier alpha value is -2.74. The van der Waals surface area contributed by atoms with E-state index in [0.29, 0.717) is 18.3 Å². The average Bonchev–Trinajstić information content (AvgIpc) is 3.58. The number of amides is 1. The SMILES string of the molecule is COc1ccc(S(=O)(=O)N(CC(C)C)C[C@@H](O)[C@H](Cc2ccccc2)NC(=O)O[C@H]2CO[C@H]3OC[C@H](NCC(C)C)[C@H]32)cc1. The molecule has 2 aliphatic heterocycles. The van der Waals surface area contributed by atoms with E-state index < -0.39 is 40.7 Å². The number of ether oxygens (including phenoxy) is 4. The number of hydrogen-bond acceptors (Lipinski definition) is 9. The maximum Gasteiger partial charge on any atom is 0.407 e. The van der Waals surface area contributed by atoms with Crippen LogP contribution >= 0.6 is 0 Å². The van der Waals surface area contributed by atoms with E-state index in [0.717, 1.165) is 12.1 Å². The number of aliphatic hydroxyl groups excluding tert-OH is 1. The standard InChI is InChI=1S/C32H47N3O8S/c1-21(2)16-33-27-19-41-31-30(27)29(20-42-31)43-32(37)34-26(15-23-9-7-6-8-10-23)28(36)18-35(17-22(3)4)44(38,39)25-13-11-24(40-5)12-14-25/h6-14,21-22,26-31,33,36H,15-20H2,1-5H3,(H,34,37)/t26-,27-,28+,29-,30-,31+/m0/s1. The lowest BCUT2D eigenvalue weighted by molar-refractivity contribution is -0.0908. The fourth-order valence-corrected chi connectivity index (χ4v) is 7.21. The van der Waals surface area contributed by atoms with Gasteiger partial charge in [0.05, 0.1) is 43.3 Å². The normalized spacial score (nSPS) is 23.1. The highest BCUT2D eigenvalue weighted by Crippen LogP contribution is 2.33. The molecule has 2 aromatic rings. The van der Waals surface area contributed by atoms with E-state index >= 15 is 0 Å². The van der Waals surface area contributed by atoms with Gasteiger partial charge in [-0.3, -0.25) is 0 Å². The minimum atomic E-state index is -3.96. The maximum absolute atomic E-state index is 13.7. The highest BCUT2D eigenvalue weighted by atomic mass is 32.2. The zero-order valence-electron chi connectivity index (χ0n) is 26.2. The van der Waals surface area contributed by atoms with E-state index in [9.17, 15) is 18.3 Å². The van der Waals surface area contributed by atoms with Gasteiger partial charge < -0.3 is 34.7 Å². The molecule has 3 N–H and O–H groups in total. The van der Waals surface area contributed by atoms with Crippen LogP contribution in [-0.4, -0.2) is 94.5 Å². The molecule has 2 aliphatic rings. The highest BCUT2D eigenvalue weighted by molar-refractivity contribution is 7.89. The molecule has 4 rings (SSSR count). The number of benzene rings is 2. The van der Waals surface area contributed by atoms with E-state index in [1.54, 1.807) is 12.1 Å². The summed E-state index contributed by atoms with van der Waals surface area (Å²) < 4.78 is 51.2. The van der Waals surface area contributed by atoms with Crippen LogP contribution in [0.3, 0.4) is 0 Å². The van der Waals surface area contributed by atoms with Gasteiger partial charge in [0.2, 0.25) is 10.0 Å². The Morgan fingerprint density at radius 1 is 1.00 bits per heavy atom. The van der Waals surface area contributed by atoms with Crippen molar-refractivity contribution in [3.63, 3.8) is 0 Å². The Balaban J connectivity index is 1.49. The molecule has 2 aromatic carbocycles. The van der Waals surface area contributed by atoms with Crippen LogP contribution < -0.4 is 15.4 Å². The van der Waals surface area contributed by atoms with Crippen molar-refractivity contribution in [2.45, 2.75) is 69.6 Å². The van der Waals surface area contributed by atoms with Gasteiger partial charge in [-0.25, -0.2) is 13.2 Å². The summed E-state index contributed by atoms with van der Waals surface area (Å²) in [5.74, 6) is 0.813. The van der Waals surface area contributed by atoms with Crippen molar-refractivity contribution < 1.29 is 37.3 Å². The Morgan fingerprint density at radius 3 is 2.32 bits per heavy atom. The molecule has 0 spiro atoms. The number of sulfonamides is 1. The van der Waals surface area contributed by atoms with Gasteiger partial charge in [-0.15, -0.1) is 0 Å². The minimum absolute atomic E-state index is 0.0121. The summed E-state index contributed by atoms with van der Waals surface area (Å²) in [6, 6.07) is 14.7. The zero-order valence-corrected chi connectivity index (χ0v) is 27.0. The molecule has 0 bridgehead atoms. The Morgan fingerprint density at radius 2 is 1.68 bits per heavy atom. The number of hydrogen-bond donors (Lipinski definition) is 3. The monoisotopic (exact) mass is 633 g/mol. The summed E-state index contributed by atoms with van der Waals surface area (Å²) in [5.41, 5.74) is 0.872. The molecule has 0 radical (unpaired) electrons. The Labute approximate surface area is 261 Å². The quantitative estimate of drug-likeness (QED) is 0.271. The number of aliphatic hydroxyl groups is 1. The minimum Gasteiger partial charge on any atom is -0.497 e. The van der Waals surface area contributed by atoms with Crippen molar-refractivity contribution in [3.8, 4) is 5.75 Å². The smallest absolute Gasteiger partial charge is 0.407 e. The molecule has 1 amide bonds. The van der Waals surface area contributed by atoms with Crippen LogP contribution in [0.15, 0.2) is 59.5 Å². The maximum atomic E-state index is 13.7. The predicted molar refractivity (Wildman–Crippen MR) is 166 cm³/mol. The molecule has 2 heterocycles. The van der Waals surface area contributed by atoms with E-state index in [-0.39, 0.29) is 48.9 Å². The number of carbonyl (C=O) groups excluding carboxylic acids is 1. The first-order chi connectivity index (χ1) is 21.0. The third-order valence-electron chi connectivity index (χ3n) is 7.84. The van der Waals surface area contributed by atoms with Crippen LogP contribution in [0.4, 0.5) is 4.79 Å². The number of fused-ring (bicyclic) bond motifs is 1. The summed E-state index contributed by atoms with van der Waals surface area (Å²) in [4.78, 5) is 13.4. The number of nitrogens with one attached hydrogen (secondary N) is 2. The van der Waals surface area contributed by atoms with Crippen molar-refractivity contribution in [2.24, 2.45) is 17.8 Å².